The molecule has 7 heteroatoms. The van der Waals surface area contributed by atoms with E-state index in [9.17, 15) is 19.6 Å². The molecule has 0 atom stereocenters. The number of likely N-dealkylation sites (N-methyl/N-ethyl adjacent to an activating group) is 1. The molecular weight excluding hydrogens is 320 g/mol. The molecule has 0 bridgehead atoms. The van der Waals surface area contributed by atoms with Crippen molar-refractivity contribution < 1.29 is 4.79 Å². The smallest absolute Gasteiger partial charge is 0.311 e. The highest BCUT2D eigenvalue weighted by Gasteiger charge is 2.24. The van der Waals surface area contributed by atoms with Crippen molar-refractivity contribution in [1.29, 1.82) is 5.26 Å². The van der Waals surface area contributed by atoms with Crippen LogP contribution in [0.5, 0.6) is 0 Å². The van der Waals surface area contributed by atoms with E-state index >= 15 is 0 Å². The van der Waals surface area contributed by atoms with Crippen molar-refractivity contribution in [3.05, 3.63) is 62.4 Å². The summed E-state index contributed by atoms with van der Waals surface area (Å²) in [6.07, 6.45) is 1.25. The number of anilines is 1. The number of aromatic nitrogens is 2. The molecule has 0 aliphatic carbocycles. The minimum atomic E-state index is -0.682. The van der Waals surface area contributed by atoms with Crippen LogP contribution in [0.2, 0.25) is 0 Å². The maximum Gasteiger partial charge on any atom is 0.331 e. The van der Waals surface area contributed by atoms with Gasteiger partial charge in [-0.1, -0.05) is 18.2 Å². The van der Waals surface area contributed by atoms with Crippen LogP contribution in [0.1, 0.15) is 24.6 Å². The van der Waals surface area contributed by atoms with Gasteiger partial charge in [0.15, 0.2) is 0 Å². The molecule has 3 rings (SSSR count). The van der Waals surface area contributed by atoms with Gasteiger partial charge < -0.3 is 4.90 Å². The summed E-state index contributed by atoms with van der Waals surface area (Å²) in [7, 11) is 0. The third-order valence-corrected chi connectivity index (χ3v) is 4.42. The van der Waals surface area contributed by atoms with Gasteiger partial charge in [-0.3, -0.25) is 14.2 Å². The summed E-state index contributed by atoms with van der Waals surface area (Å²) in [6, 6.07) is 11.0. The maximum absolute atomic E-state index is 12.7. The average molecular weight is 338 g/mol. The molecule has 0 N–H and O–H groups in total. The standard InChI is InChI=1S/C18H18N4O3/c1-2-20(13-7-4-3-5-8-13)16(23)12-22-17(24)14(11-19)15-9-6-10-21(15)18(22)25/h3-5,7-8H,2,6,9-10,12H2,1H3. The average Bonchev–Trinajstić information content (AvgIpc) is 3.10. The lowest BCUT2D eigenvalue weighted by Crippen LogP contribution is -2.46. The Bertz CT molecular complexity index is 967. The van der Waals surface area contributed by atoms with Crippen LogP contribution in [-0.2, 0) is 24.3 Å². The lowest BCUT2D eigenvalue weighted by molar-refractivity contribution is -0.119. The minimum absolute atomic E-state index is 0.0346. The van der Waals surface area contributed by atoms with Crippen LogP contribution >= 0.6 is 0 Å². The first-order valence-corrected chi connectivity index (χ1v) is 8.20. The molecular formula is C18H18N4O3. The van der Waals surface area contributed by atoms with E-state index in [0.29, 0.717) is 37.3 Å². The Morgan fingerprint density at radius 3 is 2.64 bits per heavy atom. The molecule has 1 aromatic carbocycles. The Balaban J connectivity index is 2.01. The molecule has 0 fully saturated rings. The Morgan fingerprint density at radius 1 is 1.28 bits per heavy atom. The van der Waals surface area contributed by atoms with Crippen LogP contribution in [0.15, 0.2) is 39.9 Å². The number of amides is 1. The quantitative estimate of drug-likeness (QED) is 0.828. The third-order valence-electron chi connectivity index (χ3n) is 4.42. The topological polar surface area (TPSA) is 88.1 Å². The largest absolute Gasteiger partial charge is 0.331 e. The molecule has 1 amide bonds. The van der Waals surface area contributed by atoms with Crippen molar-refractivity contribution >= 4 is 11.6 Å². The second-order valence-corrected chi connectivity index (χ2v) is 5.84. The van der Waals surface area contributed by atoms with Gasteiger partial charge in [-0.15, -0.1) is 0 Å². The highest BCUT2D eigenvalue weighted by atomic mass is 16.2. The monoisotopic (exact) mass is 338 g/mol. The van der Waals surface area contributed by atoms with Crippen molar-refractivity contribution in [2.45, 2.75) is 32.9 Å². The second-order valence-electron chi connectivity index (χ2n) is 5.84. The van der Waals surface area contributed by atoms with Crippen molar-refractivity contribution in [3.63, 3.8) is 0 Å². The zero-order chi connectivity index (χ0) is 18.0. The number of hydrogen-bond donors (Lipinski definition) is 0. The van der Waals surface area contributed by atoms with E-state index in [1.54, 1.807) is 12.1 Å². The van der Waals surface area contributed by atoms with E-state index in [1.807, 2.05) is 31.2 Å². The van der Waals surface area contributed by atoms with Gasteiger partial charge in [-0.2, -0.15) is 5.26 Å². The molecule has 2 aromatic rings. The number of fused-ring (bicyclic) bond motifs is 1. The normalized spacial score (nSPS) is 12.5. The summed E-state index contributed by atoms with van der Waals surface area (Å²) in [5.74, 6) is -0.365. The van der Waals surface area contributed by atoms with E-state index in [1.165, 1.54) is 9.47 Å². The molecule has 0 saturated carbocycles. The molecule has 1 aliphatic rings. The van der Waals surface area contributed by atoms with E-state index in [2.05, 4.69) is 0 Å². The molecule has 25 heavy (non-hydrogen) atoms. The van der Waals surface area contributed by atoms with Crippen LogP contribution in [-0.4, -0.2) is 21.6 Å². The first-order chi connectivity index (χ1) is 12.1. The predicted molar refractivity (Wildman–Crippen MR) is 92.5 cm³/mol. The fraction of sp³-hybridized carbons (Fsp3) is 0.333. The Labute approximate surface area is 144 Å². The summed E-state index contributed by atoms with van der Waals surface area (Å²) in [5.41, 5.74) is -0.0545. The highest BCUT2D eigenvalue weighted by Crippen LogP contribution is 2.15. The highest BCUT2D eigenvalue weighted by molar-refractivity contribution is 5.93. The summed E-state index contributed by atoms with van der Waals surface area (Å²) < 4.78 is 2.31. The van der Waals surface area contributed by atoms with Gasteiger partial charge in [-0.05, 0) is 31.9 Å². The van der Waals surface area contributed by atoms with Gasteiger partial charge in [0.25, 0.3) is 5.56 Å². The summed E-state index contributed by atoms with van der Waals surface area (Å²) in [4.78, 5) is 39.3. The van der Waals surface area contributed by atoms with Crippen molar-refractivity contribution in [3.8, 4) is 6.07 Å². The first kappa shape index (κ1) is 16.7. The van der Waals surface area contributed by atoms with Crippen molar-refractivity contribution in [1.82, 2.24) is 9.13 Å². The minimum Gasteiger partial charge on any atom is -0.311 e. The zero-order valence-corrected chi connectivity index (χ0v) is 13.9. The van der Waals surface area contributed by atoms with Gasteiger partial charge in [0.2, 0.25) is 5.91 Å². The molecule has 1 aromatic heterocycles. The number of nitrogens with zero attached hydrogens (tertiary/aromatic N) is 4. The summed E-state index contributed by atoms with van der Waals surface area (Å²) in [5, 5.41) is 9.29. The van der Waals surface area contributed by atoms with Gasteiger partial charge in [0.1, 0.15) is 18.2 Å². The lowest BCUT2D eigenvalue weighted by atomic mass is 10.2. The molecule has 1 aliphatic heterocycles. The number of hydrogen-bond acceptors (Lipinski definition) is 4. The lowest BCUT2D eigenvalue weighted by Gasteiger charge is -2.21. The van der Waals surface area contributed by atoms with Crippen LogP contribution in [0.3, 0.4) is 0 Å². The van der Waals surface area contributed by atoms with Crippen LogP contribution in [0, 0.1) is 11.3 Å². The van der Waals surface area contributed by atoms with Gasteiger partial charge >= 0.3 is 5.69 Å². The fourth-order valence-electron chi connectivity index (χ4n) is 3.22. The molecule has 2 heterocycles. The van der Waals surface area contributed by atoms with E-state index in [4.69, 9.17) is 0 Å². The van der Waals surface area contributed by atoms with E-state index < -0.39 is 11.2 Å². The van der Waals surface area contributed by atoms with Crippen LogP contribution in [0.4, 0.5) is 5.69 Å². The number of nitriles is 1. The van der Waals surface area contributed by atoms with E-state index in [0.717, 1.165) is 4.57 Å². The zero-order valence-electron chi connectivity index (χ0n) is 13.9. The fourth-order valence-corrected chi connectivity index (χ4v) is 3.22. The maximum atomic E-state index is 12.7. The number of para-hydroxylation sites is 1. The number of carbonyl (C=O) groups is 1. The summed E-state index contributed by atoms with van der Waals surface area (Å²) >= 11 is 0. The predicted octanol–water partition coefficient (Wildman–Crippen LogP) is 0.881. The van der Waals surface area contributed by atoms with Crippen molar-refractivity contribution in [2.24, 2.45) is 0 Å². The molecule has 0 spiro atoms. The van der Waals surface area contributed by atoms with Gasteiger partial charge in [0, 0.05) is 24.5 Å². The molecule has 0 saturated heterocycles. The molecule has 0 radical (unpaired) electrons. The molecule has 0 unspecified atom stereocenters. The molecule has 7 nitrogen and oxygen atoms in total. The summed E-state index contributed by atoms with van der Waals surface area (Å²) in [6.45, 7) is 2.32. The van der Waals surface area contributed by atoms with Gasteiger partial charge in [-0.25, -0.2) is 9.36 Å². The Hall–Kier alpha value is -3.14. The van der Waals surface area contributed by atoms with Crippen LogP contribution in [0.25, 0.3) is 0 Å². The van der Waals surface area contributed by atoms with E-state index in [-0.39, 0.29) is 18.0 Å². The number of rotatable bonds is 4. The van der Waals surface area contributed by atoms with Gasteiger partial charge in [0.05, 0.1) is 0 Å². The Kier molecular flexibility index (Phi) is 4.52. The van der Waals surface area contributed by atoms with Crippen molar-refractivity contribution in [2.75, 3.05) is 11.4 Å². The second kappa shape index (κ2) is 6.77. The third kappa shape index (κ3) is 2.87. The van der Waals surface area contributed by atoms with Crippen LogP contribution < -0.4 is 16.1 Å². The Morgan fingerprint density at radius 2 is 2.00 bits per heavy atom. The SMILES string of the molecule is CCN(C(=O)Cn1c(=O)c(C#N)c2n(c1=O)CCC2)c1ccccc1. The first-order valence-electron chi connectivity index (χ1n) is 8.20. The molecule has 128 valence electrons. The number of carbonyl (C=O) groups excluding carboxylic acids is 1. The number of benzene rings is 1.